The van der Waals surface area contributed by atoms with Crippen LogP contribution in [0.5, 0.6) is 0 Å². The molecule has 106 valence electrons. The number of rotatable bonds is 4. The van der Waals surface area contributed by atoms with Crippen molar-refractivity contribution in [2.24, 2.45) is 0 Å². The maximum atomic E-state index is 4.00. The molecule has 0 spiro atoms. The van der Waals surface area contributed by atoms with Crippen LogP contribution in [0.4, 0.5) is 5.69 Å². The van der Waals surface area contributed by atoms with Crippen LogP contribution in [0.1, 0.15) is 16.7 Å². The number of aromatic nitrogens is 2. The van der Waals surface area contributed by atoms with Crippen LogP contribution in [0.25, 0.3) is 11.3 Å². The molecule has 21 heavy (non-hydrogen) atoms. The number of benzene rings is 2. The summed E-state index contributed by atoms with van der Waals surface area (Å²) in [5, 5.41) is 10.5. The number of hydrogen-bond acceptors (Lipinski definition) is 2. The lowest BCUT2D eigenvalue weighted by Gasteiger charge is -2.11. The summed E-state index contributed by atoms with van der Waals surface area (Å²) >= 11 is 0. The molecule has 1 heterocycles. The molecule has 0 aliphatic heterocycles. The lowest BCUT2D eigenvalue weighted by Crippen LogP contribution is -2.02. The average Bonchev–Trinajstić information content (AvgIpc) is 3.03. The summed E-state index contributed by atoms with van der Waals surface area (Å²) in [5.74, 6) is 0. The van der Waals surface area contributed by atoms with Gasteiger partial charge in [-0.25, -0.2) is 0 Å². The normalized spacial score (nSPS) is 10.6. The van der Waals surface area contributed by atoms with Crippen LogP contribution in [0.3, 0.4) is 0 Å². The first kappa shape index (κ1) is 13.4. The van der Waals surface area contributed by atoms with E-state index in [1.165, 1.54) is 16.7 Å². The number of nitrogens with zero attached hydrogens (tertiary/aromatic N) is 1. The Balaban J connectivity index is 1.77. The fourth-order valence-corrected chi connectivity index (χ4v) is 2.41. The second-order valence-corrected chi connectivity index (χ2v) is 5.26. The third-order valence-electron chi connectivity index (χ3n) is 3.87. The number of H-pyrrole nitrogens is 1. The molecule has 0 fully saturated rings. The minimum Gasteiger partial charge on any atom is -0.381 e. The van der Waals surface area contributed by atoms with Crippen LogP contribution in [0, 0.1) is 13.8 Å². The summed E-state index contributed by atoms with van der Waals surface area (Å²) in [6.07, 6.45) is 1.77. The Kier molecular flexibility index (Phi) is 3.73. The molecule has 0 saturated heterocycles. The van der Waals surface area contributed by atoms with Crippen molar-refractivity contribution in [3.05, 3.63) is 71.4 Å². The fraction of sp³-hybridized carbons (Fsp3) is 0.167. The molecule has 3 nitrogen and oxygen atoms in total. The Bertz CT molecular complexity index is 730. The highest BCUT2D eigenvalue weighted by Gasteiger charge is 2.02. The van der Waals surface area contributed by atoms with Gasteiger partial charge < -0.3 is 5.32 Å². The molecule has 0 amide bonds. The summed E-state index contributed by atoms with van der Waals surface area (Å²) < 4.78 is 0. The monoisotopic (exact) mass is 277 g/mol. The maximum absolute atomic E-state index is 4.00. The van der Waals surface area contributed by atoms with Crippen molar-refractivity contribution in [2.45, 2.75) is 20.4 Å². The van der Waals surface area contributed by atoms with E-state index in [0.29, 0.717) is 0 Å². The van der Waals surface area contributed by atoms with Gasteiger partial charge in [0.05, 0.1) is 5.69 Å². The lowest BCUT2D eigenvalue weighted by atomic mass is 10.0. The minimum atomic E-state index is 0.833. The first-order chi connectivity index (χ1) is 10.2. The standard InChI is InChI=1S/C18H19N3/c1-13-5-3-7-16(14(13)2)12-19-17-8-4-6-15(11-17)18-9-10-20-21-18/h3-11,19H,12H2,1-2H3,(H,20,21). The predicted molar refractivity (Wildman–Crippen MR) is 87.3 cm³/mol. The Morgan fingerprint density at radius 1 is 1.05 bits per heavy atom. The van der Waals surface area contributed by atoms with Gasteiger partial charge in [0.15, 0.2) is 0 Å². The molecule has 0 atom stereocenters. The number of anilines is 1. The van der Waals surface area contributed by atoms with Crippen molar-refractivity contribution in [1.82, 2.24) is 10.2 Å². The molecule has 0 saturated carbocycles. The molecular formula is C18H19N3. The highest BCUT2D eigenvalue weighted by molar-refractivity contribution is 5.64. The molecule has 0 radical (unpaired) electrons. The van der Waals surface area contributed by atoms with Crippen molar-refractivity contribution in [1.29, 1.82) is 0 Å². The van der Waals surface area contributed by atoms with Crippen molar-refractivity contribution in [2.75, 3.05) is 5.32 Å². The molecule has 0 aliphatic carbocycles. The molecular weight excluding hydrogens is 258 g/mol. The summed E-state index contributed by atoms with van der Waals surface area (Å²) in [6, 6.07) is 16.8. The summed E-state index contributed by atoms with van der Waals surface area (Å²) in [4.78, 5) is 0. The molecule has 3 aromatic rings. The highest BCUT2D eigenvalue weighted by atomic mass is 15.1. The fourth-order valence-electron chi connectivity index (χ4n) is 2.41. The first-order valence-electron chi connectivity index (χ1n) is 7.13. The molecule has 2 N–H and O–H groups in total. The van der Waals surface area contributed by atoms with Gasteiger partial charge in [0.2, 0.25) is 0 Å². The SMILES string of the molecule is Cc1cccc(CNc2cccc(-c3ccn[nH]3)c2)c1C. The van der Waals surface area contributed by atoms with Crippen LogP contribution >= 0.6 is 0 Å². The summed E-state index contributed by atoms with van der Waals surface area (Å²) in [5.41, 5.74) is 7.31. The van der Waals surface area contributed by atoms with Crippen molar-refractivity contribution >= 4 is 5.69 Å². The van der Waals surface area contributed by atoms with Crippen molar-refractivity contribution in [3.8, 4) is 11.3 Å². The minimum absolute atomic E-state index is 0.833. The highest BCUT2D eigenvalue weighted by Crippen LogP contribution is 2.21. The molecule has 1 aromatic heterocycles. The average molecular weight is 277 g/mol. The Morgan fingerprint density at radius 2 is 1.90 bits per heavy atom. The van der Waals surface area contributed by atoms with Gasteiger partial charge in [0, 0.05) is 24.0 Å². The van der Waals surface area contributed by atoms with Gasteiger partial charge in [-0.2, -0.15) is 5.10 Å². The Hall–Kier alpha value is -2.55. The number of aryl methyl sites for hydroxylation is 1. The van der Waals surface area contributed by atoms with Crippen LogP contribution in [-0.4, -0.2) is 10.2 Å². The molecule has 0 unspecified atom stereocenters. The van der Waals surface area contributed by atoms with Crippen LogP contribution < -0.4 is 5.32 Å². The van der Waals surface area contributed by atoms with Gasteiger partial charge in [-0.1, -0.05) is 30.3 Å². The van der Waals surface area contributed by atoms with Gasteiger partial charge in [-0.05, 0) is 48.7 Å². The topological polar surface area (TPSA) is 40.7 Å². The largest absolute Gasteiger partial charge is 0.381 e. The first-order valence-corrected chi connectivity index (χ1v) is 7.13. The van der Waals surface area contributed by atoms with E-state index in [-0.39, 0.29) is 0 Å². The molecule has 3 rings (SSSR count). The van der Waals surface area contributed by atoms with Gasteiger partial charge in [-0.3, -0.25) is 5.10 Å². The van der Waals surface area contributed by atoms with Gasteiger partial charge in [0.1, 0.15) is 0 Å². The molecule has 2 aromatic carbocycles. The van der Waals surface area contributed by atoms with Crippen LogP contribution in [-0.2, 0) is 6.54 Å². The second-order valence-electron chi connectivity index (χ2n) is 5.26. The zero-order valence-electron chi connectivity index (χ0n) is 12.4. The van der Waals surface area contributed by atoms with Crippen LogP contribution in [0.2, 0.25) is 0 Å². The Labute approximate surface area is 125 Å². The van der Waals surface area contributed by atoms with E-state index in [9.17, 15) is 0 Å². The zero-order valence-corrected chi connectivity index (χ0v) is 12.4. The van der Waals surface area contributed by atoms with Crippen molar-refractivity contribution < 1.29 is 0 Å². The van der Waals surface area contributed by atoms with Crippen LogP contribution in [0.15, 0.2) is 54.7 Å². The third-order valence-corrected chi connectivity index (χ3v) is 3.87. The van der Waals surface area contributed by atoms with E-state index < -0.39 is 0 Å². The predicted octanol–water partition coefficient (Wildman–Crippen LogP) is 4.31. The number of hydrogen-bond donors (Lipinski definition) is 2. The van der Waals surface area contributed by atoms with E-state index >= 15 is 0 Å². The van der Waals surface area contributed by atoms with E-state index in [1.54, 1.807) is 6.20 Å². The smallest absolute Gasteiger partial charge is 0.0650 e. The van der Waals surface area contributed by atoms with Gasteiger partial charge in [-0.15, -0.1) is 0 Å². The molecule has 0 aliphatic rings. The second kappa shape index (κ2) is 5.83. The van der Waals surface area contributed by atoms with E-state index in [1.807, 2.05) is 6.07 Å². The maximum Gasteiger partial charge on any atom is 0.0650 e. The zero-order chi connectivity index (χ0) is 14.7. The van der Waals surface area contributed by atoms with Crippen molar-refractivity contribution in [3.63, 3.8) is 0 Å². The van der Waals surface area contributed by atoms with E-state index in [0.717, 1.165) is 23.5 Å². The van der Waals surface area contributed by atoms with E-state index in [2.05, 4.69) is 71.8 Å². The number of aromatic amines is 1. The third kappa shape index (κ3) is 2.97. The summed E-state index contributed by atoms with van der Waals surface area (Å²) in [7, 11) is 0. The van der Waals surface area contributed by atoms with Gasteiger partial charge >= 0.3 is 0 Å². The molecule has 3 heteroatoms. The summed E-state index contributed by atoms with van der Waals surface area (Å²) in [6.45, 7) is 5.16. The molecule has 0 bridgehead atoms. The Morgan fingerprint density at radius 3 is 2.71 bits per heavy atom. The van der Waals surface area contributed by atoms with E-state index in [4.69, 9.17) is 0 Å². The lowest BCUT2D eigenvalue weighted by molar-refractivity contribution is 1.09. The van der Waals surface area contributed by atoms with Gasteiger partial charge in [0.25, 0.3) is 0 Å². The number of nitrogens with one attached hydrogen (secondary N) is 2. The quantitative estimate of drug-likeness (QED) is 0.746.